The van der Waals surface area contributed by atoms with Gasteiger partial charge in [-0.3, -0.25) is 4.79 Å². The van der Waals surface area contributed by atoms with E-state index < -0.39 is 0 Å². The van der Waals surface area contributed by atoms with E-state index in [0.717, 1.165) is 6.54 Å². The number of hydrogen-bond donors (Lipinski definition) is 3. The zero-order chi connectivity index (χ0) is 13.0. The van der Waals surface area contributed by atoms with Crippen molar-refractivity contribution in [1.82, 2.24) is 20.8 Å². The van der Waals surface area contributed by atoms with Crippen LogP contribution in [0.4, 0.5) is 6.01 Å². The van der Waals surface area contributed by atoms with Crippen LogP contribution in [0.5, 0.6) is 0 Å². The lowest BCUT2D eigenvalue weighted by atomic mass is 10.2. The standard InChI is InChI=1S/C11H19N5O2/c1-7(2)4-12-6-10-15-16-11(18-10)14-8-3-9(17)13-5-8/h7-8,12H,3-6H2,1-2H3,(H,13,17)(H,14,16). The molecule has 0 aliphatic carbocycles. The van der Waals surface area contributed by atoms with Crippen LogP contribution in [-0.2, 0) is 11.3 Å². The SMILES string of the molecule is CC(C)CNCc1nnc(NC2CNC(=O)C2)o1. The van der Waals surface area contributed by atoms with Gasteiger partial charge in [-0.15, -0.1) is 5.10 Å². The molecule has 1 aromatic heterocycles. The van der Waals surface area contributed by atoms with Crippen LogP contribution < -0.4 is 16.0 Å². The predicted molar refractivity (Wildman–Crippen MR) is 65.9 cm³/mol. The quantitative estimate of drug-likeness (QED) is 0.666. The Morgan fingerprint density at radius 2 is 2.33 bits per heavy atom. The Morgan fingerprint density at radius 3 is 3.00 bits per heavy atom. The average molecular weight is 253 g/mol. The van der Waals surface area contributed by atoms with E-state index in [1.54, 1.807) is 0 Å². The van der Waals surface area contributed by atoms with Crippen molar-refractivity contribution < 1.29 is 9.21 Å². The molecule has 1 unspecified atom stereocenters. The van der Waals surface area contributed by atoms with Crippen molar-refractivity contribution in [3.8, 4) is 0 Å². The van der Waals surface area contributed by atoms with E-state index in [9.17, 15) is 4.79 Å². The molecule has 1 fully saturated rings. The van der Waals surface area contributed by atoms with E-state index in [0.29, 0.717) is 37.3 Å². The van der Waals surface area contributed by atoms with Gasteiger partial charge in [0.1, 0.15) is 0 Å². The lowest BCUT2D eigenvalue weighted by Crippen LogP contribution is -2.22. The molecule has 1 aromatic rings. The molecule has 3 N–H and O–H groups in total. The van der Waals surface area contributed by atoms with Crippen molar-refractivity contribution in [3.63, 3.8) is 0 Å². The van der Waals surface area contributed by atoms with Crippen molar-refractivity contribution in [2.75, 3.05) is 18.4 Å². The fourth-order valence-corrected chi connectivity index (χ4v) is 1.73. The third-order valence-corrected chi connectivity index (χ3v) is 2.60. The molecule has 1 atom stereocenters. The van der Waals surface area contributed by atoms with E-state index in [4.69, 9.17) is 4.42 Å². The molecule has 0 aromatic carbocycles. The van der Waals surface area contributed by atoms with E-state index in [2.05, 4.69) is 40.0 Å². The second kappa shape index (κ2) is 5.81. The first kappa shape index (κ1) is 12.8. The molecular formula is C11H19N5O2. The molecule has 2 heterocycles. The number of nitrogens with zero attached hydrogens (tertiary/aromatic N) is 2. The Labute approximate surface area is 106 Å². The van der Waals surface area contributed by atoms with Gasteiger partial charge in [0.2, 0.25) is 11.8 Å². The van der Waals surface area contributed by atoms with Crippen molar-refractivity contribution in [1.29, 1.82) is 0 Å². The lowest BCUT2D eigenvalue weighted by Gasteiger charge is -2.06. The fourth-order valence-electron chi connectivity index (χ4n) is 1.73. The van der Waals surface area contributed by atoms with Gasteiger partial charge in [-0.25, -0.2) is 0 Å². The minimum absolute atomic E-state index is 0.0365. The van der Waals surface area contributed by atoms with Crippen LogP contribution in [0.25, 0.3) is 0 Å². The van der Waals surface area contributed by atoms with Crippen LogP contribution in [0.3, 0.4) is 0 Å². The maximum atomic E-state index is 11.0. The molecule has 100 valence electrons. The van der Waals surface area contributed by atoms with E-state index >= 15 is 0 Å². The second-order valence-corrected chi connectivity index (χ2v) is 4.88. The van der Waals surface area contributed by atoms with Crippen LogP contribution in [-0.4, -0.2) is 35.2 Å². The summed E-state index contributed by atoms with van der Waals surface area (Å²) in [7, 11) is 0. The van der Waals surface area contributed by atoms with Gasteiger partial charge in [0.15, 0.2) is 0 Å². The number of aromatic nitrogens is 2. The molecule has 1 aliphatic rings. The average Bonchev–Trinajstić information content (AvgIpc) is 2.89. The highest BCUT2D eigenvalue weighted by atomic mass is 16.4. The van der Waals surface area contributed by atoms with E-state index in [1.165, 1.54) is 0 Å². The second-order valence-electron chi connectivity index (χ2n) is 4.88. The number of carbonyl (C=O) groups excluding carboxylic acids is 1. The number of carbonyl (C=O) groups is 1. The van der Waals surface area contributed by atoms with Crippen LogP contribution >= 0.6 is 0 Å². The molecule has 2 rings (SSSR count). The predicted octanol–water partition coefficient (Wildman–Crippen LogP) is 0.116. The Morgan fingerprint density at radius 1 is 1.50 bits per heavy atom. The molecular weight excluding hydrogens is 234 g/mol. The number of hydrogen-bond acceptors (Lipinski definition) is 6. The van der Waals surface area contributed by atoms with Crippen molar-refractivity contribution >= 4 is 11.9 Å². The Bertz CT molecular complexity index is 404. The zero-order valence-electron chi connectivity index (χ0n) is 10.7. The van der Waals surface area contributed by atoms with Gasteiger partial charge in [0.05, 0.1) is 12.6 Å². The first-order chi connectivity index (χ1) is 8.63. The monoisotopic (exact) mass is 253 g/mol. The van der Waals surface area contributed by atoms with Crippen molar-refractivity contribution in [3.05, 3.63) is 5.89 Å². The van der Waals surface area contributed by atoms with Gasteiger partial charge in [0, 0.05) is 13.0 Å². The first-order valence-electron chi connectivity index (χ1n) is 6.20. The number of anilines is 1. The van der Waals surface area contributed by atoms with Gasteiger partial charge < -0.3 is 20.4 Å². The van der Waals surface area contributed by atoms with E-state index in [1.807, 2.05) is 0 Å². The smallest absolute Gasteiger partial charge is 0.315 e. The summed E-state index contributed by atoms with van der Waals surface area (Å²) in [6.45, 7) is 6.35. The molecule has 7 nitrogen and oxygen atoms in total. The third-order valence-electron chi connectivity index (χ3n) is 2.60. The first-order valence-corrected chi connectivity index (χ1v) is 6.20. The van der Waals surface area contributed by atoms with Gasteiger partial charge in [-0.2, -0.15) is 0 Å². The van der Waals surface area contributed by atoms with Gasteiger partial charge in [-0.1, -0.05) is 18.9 Å². The summed E-state index contributed by atoms with van der Waals surface area (Å²) in [6.07, 6.45) is 0.448. The molecule has 0 spiro atoms. The maximum absolute atomic E-state index is 11.0. The molecule has 1 amide bonds. The maximum Gasteiger partial charge on any atom is 0.315 e. The van der Waals surface area contributed by atoms with Crippen LogP contribution in [0.1, 0.15) is 26.2 Å². The van der Waals surface area contributed by atoms with E-state index in [-0.39, 0.29) is 11.9 Å². The highest BCUT2D eigenvalue weighted by molar-refractivity contribution is 5.79. The van der Waals surface area contributed by atoms with Gasteiger partial charge in [-0.05, 0) is 12.5 Å². The molecule has 0 saturated carbocycles. The fraction of sp³-hybridized carbons (Fsp3) is 0.727. The summed E-state index contributed by atoms with van der Waals surface area (Å²) < 4.78 is 5.43. The van der Waals surface area contributed by atoms with Crippen LogP contribution in [0, 0.1) is 5.92 Å². The number of amides is 1. The summed E-state index contributed by atoms with van der Waals surface area (Å²) >= 11 is 0. The Hall–Kier alpha value is -1.63. The lowest BCUT2D eigenvalue weighted by molar-refractivity contribution is -0.119. The molecule has 1 saturated heterocycles. The van der Waals surface area contributed by atoms with Crippen molar-refractivity contribution in [2.24, 2.45) is 5.92 Å². The number of rotatable bonds is 6. The topological polar surface area (TPSA) is 92.1 Å². The van der Waals surface area contributed by atoms with Gasteiger partial charge >= 0.3 is 6.01 Å². The molecule has 18 heavy (non-hydrogen) atoms. The highest BCUT2D eigenvalue weighted by Crippen LogP contribution is 2.10. The summed E-state index contributed by atoms with van der Waals surface area (Å²) in [6, 6.07) is 0.410. The highest BCUT2D eigenvalue weighted by Gasteiger charge is 2.22. The molecule has 7 heteroatoms. The largest absolute Gasteiger partial charge is 0.407 e. The summed E-state index contributed by atoms with van der Waals surface area (Å²) in [5.41, 5.74) is 0. The minimum atomic E-state index is 0.0365. The third kappa shape index (κ3) is 3.69. The molecule has 0 radical (unpaired) electrons. The minimum Gasteiger partial charge on any atom is -0.407 e. The van der Waals surface area contributed by atoms with Crippen molar-refractivity contribution in [2.45, 2.75) is 32.9 Å². The molecule has 0 bridgehead atoms. The summed E-state index contributed by atoms with van der Waals surface area (Å²) in [4.78, 5) is 11.0. The normalized spacial score (nSPS) is 19.3. The van der Waals surface area contributed by atoms with Crippen LogP contribution in [0.2, 0.25) is 0 Å². The molecule has 1 aliphatic heterocycles. The zero-order valence-corrected chi connectivity index (χ0v) is 10.7. The Kier molecular flexibility index (Phi) is 4.14. The number of nitrogens with one attached hydrogen (secondary N) is 3. The summed E-state index contributed by atoms with van der Waals surface area (Å²) in [5.74, 6) is 1.18. The summed E-state index contributed by atoms with van der Waals surface area (Å²) in [5, 5.41) is 16.8. The Balaban J connectivity index is 1.77. The van der Waals surface area contributed by atoms with Crippen LogP contribution in [0.15, 0.2) is 4.42 Å². The van der Waals surface area contributed by atoms with Gasteiger partial charge in [0.25, 0.3) is 0 Å².